The summed E-state index contributed by atoms with van der Waals surface area (Å²) in [5.74, 6) is -2.63. The lowest BCUT2D eigenvalue weighted by Gasteiger charge is -2.31. The molecule has 10 heteroatoms. The van der Waals surface area contributed by atoms with Crippen LogP contribution in [0.1, 0.15) is 12.8 Å². The summed E-state index contributed by atoms with van der Waals surface area (Å²) in [6.07, 6.45) is -4.97. The van der Waals surface area contributed by atoms with Gasteiger partial charge in [0.05, 0.1) is 6.54 Å². The van der Waals surface area contributed by atoms with Crippen molar-refractivity contribution in [1.82, 2.24) is 4.90 Å². The highest BCUT2D eigenvalue weighted by Crippen LogP contribution is 2.26. The first-order valence-electron chi connectivity index (χ1n) is 8.47. The standard InChI is InChI=1S/C17H18F3N3O4/c18-17(19,20)15(25)22-7-5-11(6-8-22)14(24)21-12-1-3-13(4-2-12)23-9-10-27-16(23)26/h1-4,11H,5-10H2,(H,21,24). The van der Waals surface area contributed by atoms with E-state index in [0.29, 0.717) is 24.5 Å². The van der Waals surface area contributed by atoms with Gasteiger partial charge in [-0.05, 0) is 37.1 Å². The largest absolute Gasteiger partial charge is 0.471 e. The van der Waals surface area contributed by atoms with E-state index < -0.39 is 24.1 Å². The molecule has 0 atom stereocenters. The normalized spacial score (nSPS) is 18.4. The Labute approximate surface area is 153 Å². The number of piperidine rings is 1. The number of amides is 3. The number of carbonyl (C=O) groups excluding carboxylic acids is 3. The fraction of sp³-hybridized carbons (Fsp3) is 0.471. The number of hydrogen-bond acceptors (Lipinski definition) is 4. The Morgan fingerprint density at radius 2 is 1.70 bits per heavy atom. The second kappa shape index (κ2) is 7.45. The molecular weight excluding hydrogens is 367 g/mol. The number of likely N-dealkylation sites (tertiary alicyclic amines) is 1. The van der Waals surface area contributed by atoms with E-state index in [9.17, 15) is 27.6 Å². The number of hydrogen-bond donors (Lipinski definition) is 1. The fourth-order valence-electron chi connectivity index (χ4n) is 3.12. The molecule has 0 saturated carbocycles. The monoisotopic (exact) mass is 385 g/mol. The maximum absolute atomic E-state index is 12.4. The summed E-state index contributed by atoms with van der Waals surface area (Å²) in [4.78, 5) is 37.2. The molecule has 2 aliphatic rings. The van der Waals surface area contributed by atoms with Gasteiger partial charge in [0, 0.05) is 30.4 Å². The third-order valence-electron chi connectivity index (χ3n) is 4.60. The first kappa shape index (κ1) is 19.0. The highest BCUT2D eigenvalue weighted by molar-refractivity contribution is 5.94. The summed E-state index contributed by atoms with van der Waals surface area (Å²) in [5, 5.41) is 2.72. The maximum atomic E-state index is 12.4. The molecule has 1 N–H and O–H groups in total. The van der Waals surface area contributed by atoms with Gasteiger partial charge < -0.3 is 15.0 Å². The molecule has 2 saturated heterocycles. The number of nitrogens with one attached hydrogen (secondary N) is 1. The third kappa shape index (κ3) is 4.32. The van der Waals surface area contributed by atoms with Gasteiger partial charge in [0.2, 0.25) is 5.91 Å². The van der Waals surface area contributed by atoms with E-state index in [2.05, 4.69) is 5.32 Å². The first-order valence-corrected chi connectivity index (χ1v) is 8.47. The quantitative estimate of drug-likeness (QED) is 0.867. The summed E-state index contributed by atoms with van der Waals surface area (Å²) >= 11 is 0. The molecule has 3 amide bonds. The lowest BCUT2D eigenvalue weighted by molar-refractivity contribution is -0.186. The van der Waals surface area contributed by atoms with Crippen LogP contribution in [0.3, 0.4) is 0 Å². The van der Waals surface area contributed by atoms with Crippen molar-refractivity contribution in [2.45, 2.75) is 19.0 Å². The first-order chi connectivity index (χ1) is 12.8. The number of anilines is 2. The van der Waals surface area contributed by atoms with Crippen molar-refractivity contribution in [3.63, 3.8) is 0 Å². The van der Waals surface area contributed by atoms with Gasteiger partial charge in [-0.25, -0.2) is 4.79 Å². The smallest absolute Gasteiger partial charge is 0.447 e. The summed E-state index contributed by atoms with van der Waals surface area (Å²) in [6.45, 7) is 0.575. The van der Waals surface area contributed by atoms with Crippen LogP contribution in [0.4, 0.5) is 29.3 Å². The average molecular weight is 385 g/mol. The fourth-order valence-corrected chi connectivity index (χ4v) is 3.12. The van der Waals surface area contributed by atoms with Crippen molar-refractivity contribution in [1.29, 1.82) is 0 Å². The molecule has 0 aliphatic carbocycles. The lowest BCUT2D eigenvalue weighted by atomic mass is 9.95. The van der Waals surface area contributed by atoms with Gasteiger partial charge in [0.15, 0.2) is 0 Å². The van der Waals surface area contributed by atoms with Crippen molar-refractivity contribution in [3.8, 4) is 0 Å². The predicted molar refractivity (Wildman–Crippen MR) is 89.1 cm³/mol. The number of carbonyl (C=O) groups is 3. The highest BCUT2D eigenvalue weighted by Gasteiger charge is 2.43. The van der Waals surface area contributed by atoms with Gasteiger partial charge in [-0.1, -0.05) is 0 Å². The molecule has 2 aliphatic heterocycles. The van der Waals surface area contributed by atoms with E-state index in [1.54, 1.807) is 24.3 Å². The Balaban J connectivity index is 1.52. The number of cyclic esters (lactones) is 1. The summed E-state index contributed by atoms with van der Waals surface area (Å²) in [7, 11) is 0. The number of nitrogens with zero attached hydrogens (tertiary/aromatic N) is 2. The van der Waals surface area contributed by atoms with Gasteiger partial charge in [-0.2, -0.15) is 13.2 Å². The molecule has 7 nitrogen and oxygen atoms in total. The maximum Gasteiger partial charge on any atom is 0.471 e. The van der Waals surface area contributed by atoms with E-state index in [1.165, 1.54) is 4.90 Å². The molecule has 0 spiro atoms. The van der Waals surface area contributed by atoms with Crippen molar-refractivity contribution in [2.24, 2.45) is 5.92 Å². The minimum Gasteiger partial charge on any atom is -0.447 e. The van der Waals surface area contributed by atoms with Crippen LogP contribution in [0.25, 0.3) is 0 Å². The molecule has 0 unspecified atom stereocenters. The third-order valence-corrected chi connectivity index (χ3v) is 4.60. The van der Waals surface area contributed by atoms with E-state index >= 15 is 0 Å². The number of ether oxygens (including phenoxy) is 1. The van der Waals surface area contributed by atoms with Crippen LogP contribution < -0.4 is 10.2 Å². The zero-order valence-electron chi connectivity index (χ0n) is 14.3. The lowest BCUT2D eigenvalue weighted by Crippen LogP contribution is -2.46. The van der Waals surface area contributed by atoms with E-state index in [0.717, 1.165) is 4.90 Å². The van der Waals surface area contributed by atoms with E-state index in [-0.39, 0.29) is 31.8 Å². The Bertz CT molecular complexity index is 728. The van der Waals surface area contributed by atoms with Gasteiger partial charge in [0.1, 0.15) is 6.61 Å². The van der Waals surface area contributed by atoms with Crippen LogP contribution >= 0.6 is 0 Å². The van der Waals surface area contributed by atoms with Crippen LogP contribution in [0.5, 0.6) is 0 Å². The predicted octanol–water partition coefficient (Wildman–Crippen LogP) is 2.38. The summed E-state index contributed by atoms with van der Waals surface area (Å²) < 4.78 is 42.2. The molecule has 2 heterocycles. The number of rotatable bonds is 3. The van der Waals surface area contributed by atoms with Crippen LogP contribution in [-0.2, 0) is 14.3 Å². The van der Waals surface area contributed by atoms with Crippen molar-refractivity contribution < 1.29 is 32.3 Å². The average Bonchev–Trinajstić information content (AvgIpc) is 3.07. The topological polar surface area (TPSA) is 79.0 Å². The molecule has 0 radical (unpaired) electrons. The molecular formula is C17H18F3N3O4. The molecule has 0 bridgehead atoms. The minimum atomic E-state index is -4.89. The Morgan fingerprint density at radius 3 is 2.22 bits per heavy atom. The molecule has 2 fully saturated rings. The van der Waals surface area contributed by atoms with Crippen molar-refractivity contribution in [2.75, 3.05) is 36.5 Å². The molecule has 27 heavy (non-hydrogen) atoms. The summed E-state index contributed by atoms with van der Waals surface area (Å²) in [6, 6.07) is 6.63. The number of halogens is 3. The van der Waals surface area contributed by atoms with Gasteiger partial charge in [0.25, 0.3) is 0 Å². The zero-order valence-corrected chi connectivity index (χ0v) is 14.3. The number of benzene rings is 1. The molecule has 3 rings (SSSR count). The van der Waals surface area contributed by atoms with Gasteiger partial charge in [-0.15, -0.1) is 0 Å². The van der Waals surface area contributed by atoms with Gasteiger partial charge in [-0.3, -0.25) is 14.5 Å². The summed E-state index contributed by atoms with van der Waals surface area (Å²) in [5.41, 5.74) is 1.17. The Kier molecular flexibility index (Phi) is 5.24. The van der Waals surface area contributed by atoms with Crippen LogP contribution in [-0.4, -0.2) is 55.2 Å². The van der Waals surface area contributed by atoms with E-state index in [1.807, 2.05) is 0 Å². The van der Waals surface area contributed by atoms with E-state index in [4.69, 9.17) is 4.74 Å². The zero-order chi connectivity index (χ0) is 19.6. The minimum absolute atomic E-state index is 0.105. The Morgan fingerprint density at radius 1 is 1.07 bits per heavy atom. The molecule has 146 valence electrons. The van der Waals surface area contributed by atoms with Crippen molar-refractivity contribution in [3.05, 3.63) is 24.3 Å². The molecule has 1 aromatic rings. The SMILES string of the molecule is O=C(Nc1ccc(N2CCOC2=O)cc1)C1CCN(C(=O)C(F)(F)F)CC1. The Hall–Kier alpha value is -2.78. The molecule has 1 aromatic carbocycles. The van der Waals surface area contributed by atoms with Crippen LogP contribution in [0, 0.1) is 5.92 Å². The number of alkyl halides is 3. The second-order valence-corrected chi connectivity index (χ2v) is 6.37. The van der Waals surface area contributed by atoms with Crippen LogP contribution in [0.2, 0.25) is 0 Å². The molecule has 0 aromatic heterocycles. The van der Waals surface area contributed by atoms with Gasteiger partial charge >= 0.3 is 18.2 Å². The van der Waals surface area contributed by atoms with Crippen LogP contribution in [0.15, 0.2) is 24.3 Å². The second-order valence-electron chi connectivity index (χ2n) is 6.37. The highest BCUT2D eigenvalue weighted by atomic mass is 19.4. The van der Waals surface area contributed by atoms with Crippen molar-refractivity contribution >= 4 is 29.3 Å².